The second-order valence-electron chi connectivity index (χ2n) is 7.72. The van der Waals surface area contributed by atoms with Crippen LogP contribution in [0.2, 0.25) is 0 Å². The molecule has 1 amide bonds. The van der Waals surface area contributed by atoms with Gasteiger partial charge in [-0.3, -0.25) is 14.2 Å². The molecule has 0 aliphatic carbocycles. The van der Waals surface area contributed by atoms with Crippen molar-refractivity contribution in [2.45, 2.75) is 50.2 Å². The van der Waals surface area contributed by atoms with Crippen LogP contribution in [0.3, 0.4) is 0 Å². The molecule has 0 spiro atoms. The molecule has 2 heterocycles. The van der Waals surface area contributed by atoms with Crippen LogP contribution in [0.1, 0.15) is 37.9 Å². The number of carbonyl (C=O) groups is 1. The Bertz CT molecular complexity index is 1120. The number of aromatic nitrogens is 2. The van der Waals surface area contributed by atoms with Crippen molar-refractivity contribution in [3.8, 4) is 0 Å². The summed E-state index contributed by atoms with van der Waals surface area (Å²) in [4.78, 5) is 32.8. The van der Waals surface area contributed by atoms with Gasteiger partial charge in [-0.2, -0.15) is 0 Å². The largest absolute Gasteiger partial charge is 0.337 e. The molecule has 0 saturated carbocycles. The van der Waals surface area contributed by atoms with Crippen molar-refractivity contribution in [2.24, 2.45) is 0 Å². The first-order valence-electron chi connectivity index (χ1n) is 9.99. The molecule has 0 N–H and O–H groups in total. The Morgan fingerprint density at radius 3 is 2.48 bits per heavy atom. The Hall–Kier alpha value is -2.60. The fraction of sp³-hybridized carbons (Fsp3) is 0.348. The minimum Gasteiger partial charge on any atom is -0.337 e. The van der Waals surface area contributed by atoms with Crippen LogP contribution in [0, 0.1) is 0 Å². The highest BCUT2D eigenvalue weighted by molar-refractivity contribution is 8.00. The Labute approximate surface area is 174 Å². The highest BCUT2D eigenvalue weighted by atomic mass is 32.2. The lowest BCUT2D eigenvalue weighted by Crippen LogP contribution is -2.40. The highest BCUT2D eigenvalue weighted by Crippen LogP contribution is 2.27. The maximum Gasteiger partial charge on any atom is 0.262 e. The van der Waals surface area contributed by atoms with E-state index in [-0.39, 0.29) is 22.8 Å². The van der Waals surface area contributed by atoms with Crippen molar-refractivity contribution in [1.29, 1.82) is 0 Å². The molecule has 150 valence electrons. The fourth-order valence-corrected chi connectivity index (χ4v) is 4.94. The Kier molecular flexibility index (Phi) is 5.46. The van der Waals surface area contributed by atoms with Gasteiger partial charge in [0.05, 0.1) is 16.2 Å². The molecule has 29 heavy (non-hydrogen) atoms. The molecule has 0 fully saturated rings. The van der Waals surface area contributed by atoms with E-state index in [2.05, 4.69) is 12.1 Å². The topological polar surface area (TPSA) is 55.2 Å². The van der Waals surface area contributed by atoms with Gasteiger partial charge in [0.1, 0.15) is 0 Å². The van der Waals surface area contributed by atoms with Gasteiger partial charge in [-0.15, -0.1) is 0 Å². The zero-order valence-corrected chi connectivity index (χ0v) is 17.8. The van der Waals surface area contributed by atoms with Crippen LogP contribution in [0.25, 0.3) is 10.9 Å². The predicted octanol–water partition coefficient (Wildman–Crippen LogP) is 4.04. The average Bonchev–Trinajstić information content (AvgIpc) is 2.72. The molecule has 1 aromatic heterocycles. The molecule has 0 unspecified atom stereocenters. The normalized spacial score (nSPS) is 14.8. The van der Waals surface area contributed by atoms with Gasteiger partial charge in [-0.25, -0.2) is 4.98 Å². The molecule has 0 saturated heterocycles. The first-order chi connectivity index (χ1) is 14.0. The van der Waals surface area contributed by atoms with E-state index >= 15 is 0 Å². The maximum atomic E-state index is 13.1. The third-order valence-electron chi connectivity index (χ3n) is 5.36. The zero-order valence-electron chi connectivity index (χ0n) is 17.0. The molecule has 1 aliphatic heterocycles. The number of hydrogen-bond donors (Lipinski definition) is 0. The predicted molar refractivity (Wildman–Crippen MR) is 117 cm³/mol. The van der Waals surface area contributed by atoms with Crippen molar-refractivity contribution in [2.75, 3.05) is 6.54 Å². The van der Waals surface area contributed by atoms with E-state index in [4.69, 9.17) is 4.98 Å². The van der Waals surface area contributed by atoms with Crippen molar-refractivity contribution >= 4 is 28.6 Å². The number of hydrogen-bond acceptors (Lipinski definition) is 4. The van der Waals surface area contributed by atoms with Crippen LogP contribution >= 0.6 is 11.8 Å². The summed E-state index contributed by atoms with van der Waals surface area (Å²) in [5, 5.41) is 0.887. The summed E-state index contributed by atoms with van der Waals surface area (Å²) in [6.07, 6.45) is 0.879. The van der Waals surface area contributed by atoms with Crippen LogP contribution in [0.4, 0.5) is 0 Å². The van der Waals surface area contributed by atoms with Gasteiger partial charge in [0.15, 0.2) is 5.16 Å². The number of rotatable bonds is 4. The van der Waals surface area contributed by atoms with Crippen LogP contribution in [0.15, 0.2) is 58.5 Å². The van der Waals surface area contributed by atoms with Gasteiger partial charge in [0.2, 0.25) is 5.91 Å². The van der Waals surface area contributed by atoms with E-state index in [1.165, 1.54) is 22.9 Å². The standard InChI is InChI=1S/C23H25N3O2S/c1-15(2)26-22(28)19-10-6-7-11-20(19)24-23(26)29-16(3)21(27)25-13-12-17-8-4-5-9-18(17)14-25/h4-11,15-16H,12-14H2,1-3H3/t16-/m0/s1. The Balaban J connectivity index is 1.60. The molecule has 6 heteroatoms. The first-order valence-corrected chi connectivity index (χ1v) is 10.9. The number of amides is 1. The van der Waals surface area contributed by atoms with Crippen molar-refractivity contribution in [1.82, 2.24) is 14.5 Å². The lowest BCUT2D eigenvalue weighted by molar-refractivity contribution is -0.131. The van der Waals surface area contributed by atoms with Crippen LogP contribution in [-0.2, 0) is 17.8 Å². The number of carbonyl (C=O) groups excluding carboxylic acids is 1. The van der Waals surface area contributed by atoms with Crippen LogP contribution in [-0.4, -0.2) is 32.2 Å². The molecule has 1 aliphatic rings. The second kappa shape index (κ2) is 8.03. The maximum absolute atomic E-state index is 13.1. The fourth-order valence-electron chi connectivity index (χ4n) is 3.81. The van der Waals surface area contributed by atoms with Gasteiger partial charge < -0.3 is 4.90 Å². The summed E-state index contributed by atoms with van der Waals surface area (Å²) >= 11 is 1.37. The molecule has 2 aromatic carbocycles. The minimum atomic E-state index is -0.321. The van der Waals surface area contributed by atoms with E-state index in [9.17, 15) is 9.59 Å². The SMILES string of the molecule is CC(C)n1c(S[C@@H](C)C(=O)N2CCc3ccccc3C2)nc2ccccc2c1=O. The zero-order chi connectivity index (χ0) is 20.5. The third kappa shape index (κ3) is 3.81. The summed E-state index contributed by atoms with van der Waals surface area (Å²) < 4.78 is 1.70. The summed E-state index contributed by atoms with van der Waals surface area (Å²) in [6, 6.07) is 15.6. The van der Waals surface area contributed by atoms with Crippen LogP contribution in [0.5, 0.6) is 0 Å². The molecule has 5 nitrogen and oxygen atoms in total. The lowest BCUT2D eigenvalue weighted by atomic mass is 10.00. The Morgan fingerprint density at radius 2 is 1.72 bits per heavy atom. The molecule has 0 bridgehead atoms. The van der Waals surface area contributed by atoms with Gasteiger partial charge in [0.25, 0.3) is 5.56 Å². The second-order valence-corrected chi connectivity index (χ2v) is 9.03. The average molecular weight is 408 g/mol. The van der Waals surface area contributed by atoms with Gasteiger partial charge in [0, 0.05) is 19.1 Å². The third-order valence-corrected chi connectivity index (χ3v) is 6.42. The number of thioether (sulfide) groups is 1. The van der Waals surface area contributed by atoms with Crippen molar-refractivity contribution in [3.63, 3.8) is 0 Å². The minimum absolute atomic E-state index is 0.0359. The number of nitrogens with zero attached hydrogens (tertiary/aromatic N) is 3. The lowest BCUT2D eigenvalue weighted by Gasteiger charge is -2.31. The van der Waals surface area contributed by atoms with E-state index in [1.807, 2.05) is 56.0 Å². The van der Waals surface area contributed by atoms with E-state index < -0.39 is 0 Å². The van der Waals surface area contributed by atoms with Crippen LogP contribution < -0.4 is 5.56 Å². The summed E-state index contributed by atoms with van der Waals surface area (Å²) in [5.74, 6) is 0.0854. The van der Waals surface area contributed by atoms with Gasteiger partial charge in [-0.05, 0) is 50.5 Å². The summed E-state index contributed by atoms with van der Waals surface area (Å²) in [7, 11) is 0. The van der Waals surface area contributed by atoms with E-state index in [0.29, 0.717) is 22.6 Å². The summed E-state index contributed by atoms with van der Waals surface area (Å²) in [5.41, 5.74) is 3.15. The van der Waals surface area contributed by atoms with E-state index in [1.54, 1.807) is 10.6 Å². The molecular formula is C23H25N3O2S. The van der Waals surface area contributed by atoms with Gasteiger partial charge >= 0.3 is 0 Å². The molecule has 3 aromatic rings. The van der Waals surface area contributed by atoms with Gasteiger partial charge in [-0.1, -0.05) is 48.2 Å². The first kappa shape index (κ1) is 19.7. The monoisotopic (exact) mass is 407 g/mol. The van der Waals surface area contributed by atoms with E-state index in [0.717, 1.165) is 13.0 Å². The summed E-state index contributed by atoms with van der Waals surface area (Å²) in [6.45, 7) is 7.20. The number of para-hydroxylation sites is 1. The molecule has 1 atom stereocenters. The quantitative estimate of drug-likeness (QED) is 0.484. The van der Waals surface area contributed by atoms with Crippen molar-refractivity contribution < 1.29 is 4.79 Å². The molecule has 0 radical (unpaired) electrons. The molecule has 4 rings (SSSR count). The van der Waals surface area contributed by atoms with Crippen molar-refractivity contribution in [3.05, 3.63) is 70.0 Å². The molecular weight excluding hydrogens is 382 g/mol. The highest BCUT2D eigenvalue weighted by Gasteiger charge is 2.27. The number of benzene rings is 2. The Morgan fingerprint density at radius 1 is 1.03 bits per heavy atom. The smallest absolute Gasteiger partial charge is 0.262 e. The number of fused-ring (bicyclic) bond motifs is 2.